The molecule has 3 nitrogen and oxygen atoms in total. The maximum atomic E-state index is 9.75. The quantitative estimate of drug-likeness (QED) is 0.601. The summed E-state index contributed by atoms with van der Waals surface area (Å²) in [5.41, 5.74) is -0.131. The van der Waals surface area contributed by atoms with Gasteiger partial charge in [-0.15, -0.1) is 0 Å². The smallest absolute Gasteiger partial charge is 0.0613 e. The third kappa shape index (κ3) is 6.25. The zero-order valence-electron chi connectivity index (χ0n) is 14.7. The normalized spacial score (nSPS) is 26.0. The van der Waals surface area contributed by atoms with E-state index < -0.39 is 0 Å². The largest absolute Gasteiger partial charge is 0.394 e. The molecular formula is C18H37NO2. The average Bonchev–Trinajstić information content (AvgIpc) is 2.50. The molecule has 1 rings (SSSR count). The van der Waals surface area contributed by atoms with Crippen molar-refractivity contribution in [3.8, 4) is 0 Å². The van der Waals surface area contributed by atoms with E-state index in [1.807, 2.05) is 0 Å². The van der Waals surface area contributed by atoms with Gasteiger partial charge in [-0.2, -0.15) is 0 Å². The first-order valence-corrected chi connectivity index (χ1v) is 9.07. The second kappa shape index (κ2) is 9.81. The lowest BCUT2D eigenvalue weighted by molar-refractivity contribution is -0.0168. The van der Waals surface area contributed by atoms with Crippen molar-refractivity contribution in [2.24, 2.45) is 5.92 Å². The molecule has 0 saturated heterocycles. The van der Waals surface area contributed by atoms with Crippen LogP contribution in [0.3, 0.4) is 0 Å². The van der Waals surface area contributed by atoms with E-state index in [9.17, 15) is 5.11 Å². The lowest BCUT2D eigenvalue weighted by Gasteiger charge is -2.35. The highest BCUT2D eigenvalue weighted by molar-refractivity contribution is 4.87. The molecule has 0 aromatic heterocycles. The van der Waals surface area contributed by atoms with E-state index in [2.05, 4.69) is 33.0 Å². The minimum atomic E-state index is -0.131. The Bertz CT molecular complexity index is 264. The lowest BCUT2D eigenvalue weighted by Crippen LogP contribution is -2.51. The van der Waals surface area contributed by atoms with Gasteiger partial charge >= 0.3 is 0 Å². The van der Waals surface area contributed by atoms with Gasteiger partial charge in [0.25, 0.3) is 0 Å². The Morgan fingerprint density at radius 2 is 1.95 bits per heavy atom. The Kier molecular flexibility index (Phi) is 8.84. The van der Waals surface area contributed by atoms with Gasteiger partial charge < -0.3 is 15.2 Å². The van der Waals surface area contributed by atoms with Crippen molar-refractivity contribution in [3.63, 3.8) is 0 Å². The molecule has 3 atom stereocenters. The van der Waals surface area contributed by atoms with E-state index in [-0.39, 0.29) is 12.1 Å². The number of aliphatic hydroxyl groups is 1. The van der Waals surface area contributed by atoms with Gasteiger partial charge in [0.2, 0.25) is 0 Å². The molecule has 0 aliphatic heterocycles. The molecule has 126 valence electrons. The molecule has 2 N–H and O–H groups in total. The van der Waals surface area contributed by atoms with E-state index in [4.69, 9.17) is 4.74 Å². The van der Waals surface area contributed by atoms with Gasteiger partial charge in [-0.25, -0.2) is 0 Å². The van der Waals surface area contributed by atoms with Gasteiger partial charge in [0, 0.05) is 18.2 Å². The third-order valence-electron chi connectivity index (χ3n) is 5.07. The van der Waals surface area contributed by atoms with Gasteiger partial charge in [0.15, 0.2) is 0 Å². The van der Waals surface area contributed by atoms with E-state index >= 15 is 0 Å². The number of aliphatic hydroxyl groups excluding tert-OH is 1. The molecule has 0 aromatic rings. The number of hydrogen-bond donors (Lipinski definition) is 2. The maximum absolute atomic E-state index is 9.75. The van der Waals surface area contributed by atoms with E-state index in [0.29, 0.717) is 12.1 Å². The zero-order valence-corrected chi connectivity index (χ0v) is 14.7. The van der Waals surface area contributed by atoms with Crippen LogP contribution in [-0.4, -0.2) is 36.0 Å². The van der Waals surface area contributed by atoms with Crippen molar-refractivity contribution in [2.75, 3.05) is 13.2 Å². The first kappa shape index (κ1) is 18.9. The van der Waals surface area contributed by atoms with E-state index in [1.165, 1.54) is 32.1 Å². The predicted octanol–water partition coefficient (Wildman–Crippen LogP) is 3.89. The van der Waals surface area contributed by atoms with Crippen molar-refractivity contribution in [1.29, 1.82) is 0 Å². The Labute approximate surface area is 131 Å². The molecule has 0 amide bonds. The lowest BCUT2D eigenvalue weighted by atomic mass is 9.84. The molecule has 0 spiro atoms. The Hall–Kier alpha value is -0.120. The fourth-order valence-electron chi connectivity index (χ4n) is 3.71. The molecule has 21 heavy (non-hydrogen) atoms. The van der Waals surface area contributed by atoms with Crippen LogP contribution in [-0.2, 0) is 4.74 Å². The predicted molar refractivity (Wildman–Crippen MR) is 89.6 cm³/mol. The van der Waals surface area contributed by atoms with Crippen LogP contribution in [0.1, 0.15) is 79.1 Å². The number of rotatable bonds is 10. The zero-order chi connectivity index (χ0) is 15.7. The summed E-state index contributed by atoms with van der Waals surface area (Å²) >= 11 is 0. The summed E-state index contributed by atoms with van der Waals surface area (Å²) in [6.45, 7) is 9.77. The highest BCUT2D eigenvalue weighted by atomic mass is 16.5. The Balaban J connectivity index is 2.33. The summed E-state index contributed by atoms with van der Waals surface area (Å²) in [7, 11) is 0. The molecule has 1 aliphatic rings. The summed E-state index contributed by atoms with van der Waals surface area (Å²) in [4.78, 5) is 0. The molecule has 1 fully saturated rings. The topological polar surface area (TPSA) is 41.5 Å². The van der Waals surface area contributed by atoms with Crippen molar-refractivity contribution in [3.05, 3.63) is 0 Å². The van der Waals surface area contributed by atoms with Crippen LogP contribution in [0, 0.1) is 5.92 Å². The summed E-state index contributed by atoms with van der Waals surface area (Å²) in [6, 6.07) is 0.404. The van der Waals surface area contributed by atoms with Crippen LogP contribution in [0.4, 0.5) is 0 Å². The van der Waals surface area contributed by atoms with E-state index in [1.54, 1.807) is 0 Å². The molecule has 0 bridgehead atoms. The van der Waals surface area contributed by atoms with Gasteiger partial charge in [-0.1, -0.05) is 47.0 Å². The van der Waals surface area contributed by atoms with Crippen LogP contribution in [0.15, 0.2) is 0 Å². The maximum Gasteiger partial charge on any atom is 0.0613 e. The molecule has 1 saturated carbocycles. The first-order valence-electron chi connectivity index (χ1n) is 9.07. The SMILES string of the molecule is CCC1CCCCC1OCCCC(CC)(CO)NC(C)C. The van der Waals surface area contributed by atoms with Gasteiger partial charge in [0.1, 0.15) is 0 Å². The molecule has 0 radical (unpaired) electrons. The van der Waals surface area contributed by atoms with Crippen molar-refractivity contribution >= 4 is 0 Å². The van der Waals surface area contributed by atoms with Crippen LogP contribution in [0.2, 0.25) is 0 Å². The summed E-state index contributed by atoms with van der Waals surface area (Å²) in [5.74, 6) is 0.765. The van der Waals surface area contributed by atoms with Crippen molar-refractivity contribution < 1.29 is 9.84 Å². The standard InChI is InChI=1S/C18H37NO2/c1-5-16-10-7-8-11-17(16)21-13-9-12-18(6-2,14-20)19-15(3)4/h15-17,19-20H,5-14H2,1-4H3. The average molecular weight is 299 g/mol. The molecule has 3 heteroatoms. The van der Waals surface area contributed by atoms with Crippen LogP contribution in [0.25, 0.3) is 0 Å². The molecule has 0 aromatic carbocycles. The molecule has 0 heterocycles. The first-order chi connectivity index (χ1) is 10.1. The van der Waals surface area contributed by atoms with Gasteiger partial charge in [-0.3, -0.25) is 0 Å². The minimum Gasteiger partial charge on any atom is -0.394 e. The summed E-state index contributed by atoms with van der Waals surface area (Å²) in [6.07, 6.45) is 9.98. The van der Waals surface area contributed by atoms with Crippen molar-refractivity contribution in [1.82, 2.24) is 5.32 Å². The number of hydrogen-bond acceptors (Lipinski definition) is 3. The van der Waals surface area contributed by atoms with Crippen LogP contribution in [0.5, 0.6) is 0 Å². The van der Waals surface area contributed by atoms with Crippen molar-refractivity contribution in [2.45, 2.75) is 96.7 Å². The van der Waals surface area contributed by atoms with Gasteiger partial charge in [-0.05, 0) is 38.0 Å². The monoisotopic (exact) mass is 299 g/mol. The fourth-order valence-corrected chi connectivity index (χ4v) is 3.71. The number of ether oxygens (including phenoxy) is 1. The highest BCUT2D eigenvalue weighted by Crippen LogP contribution is 2.29. The molecule has 3 unspecified atom stereocenters. The Morgan fingerprint density at radius 1 is 1.24 bits per heavy atom. The molecule has 1 aliphatic carbocycles. The third-order valence-corrected chi connectivity index (χ3v) is 5.07. The minimum absolute atomic E-state index is 0.131. The van der Waals surface area contributed by atoms with Gasteiger partial charge in [0.05, 0.1) is 12.7 Å². The summed E-state index contributed by atoms with van der Waals surface area (Å²) in [5, 5.41) is 13.3. The Morgan fingerprint density at radius 3 is 2.52 bits per heavy atom. The number of nitrogens with one attached hydrogen (secondary N) is 1. The fraction of sp³-hybridized carbons (Fsp3) is 1.00. The van der Waals surface area contributed by atoms with E-state index in [0.717, 1.165) is 31.8 Å². The highest BCUT2D eigenvalue weighted by Gasteiger charge is 2.28. The second-order valence-corrected chi connectivity index (χ2v) is 7.06. The van der Waals surface area contributed by atoms with Crippen LogP contribution < -0.4 is 5.32 Å². The summed E-state index contributed by atoms with van der Waals surface area (Å²) < 4.78 is 6.17. The second-order valence-electron chi connectivity index (χ2n) is 7.06. The van der Waals surface area contributed by atoms with Crippen LogP contribution >= 0.6 is 0 Å². The molecular weight excluding hydrogens is 262 g/mol.